The van der Waals surface area contributed by atoms with Gasteiger partial charge in [-0.2, -0.15) is 0 Å². The normalized spacial score (nSPS) is 17.0. The molecule has 1 aliphatic rings. The molecular weight excluding hydrogens is 334 g/mol. The van der Waals surface area contributed by atoms with Crippen molar-refractivity contribution in [2.45, 2.75) is 25.8 Å². The number of rotatable bonds is 6. The molecule has 1 aliphatic heterocycles. The van der Waals surface area contributed by atoms with Crippen molar-refractivity contribution in [1.82, 2.24) is 15.2 Å². The Labute approximate surface area is 155 Å². The number of ether oxygens (including phenoxy) is 1. The molecule has 1 atom stereocenters. The van der Waals surface area contributed by atoms with Crippen LogP contribution in [0.3, 0.4) is 0 Å². The van der Waals surface area contributed by atoms with Crippen LogP contribution in [0.2, 0.25) is 5.02 Å². The molecule has 1 aromatic carbocycles. The first-order valence-corrected chi connectivity index (χ1v) is 9.42. The molecule has 3 rings (SSSR count). The van der Waals surface area contributed by atoms with Crippen molar-refractivity contribution in [2.75, 3.05) is 32.8 Å². The second-order valence-electron chi connectivity index (χ2n) is 6.30. The molecular formula is C20H26ClN3O. The lowest BCUT2D eigenvalue weighted by Gasteiger charge is -2.32. The maximum absolute atomic E-state index is 6.33. The molecule has 1 aromatic heterocycles. The highest BCUT2D eigenvalue weighted by atomic mass is 35.5. The highest BCUT2D eigenvalue weighted by Crippen LogP contribution is 2.34. The van der Waals surface area contributed by atoms with E-state index < -0.39 is 0 Å². The summed E-state index contributed by atoms with van der Waals surface area (Å²) in [5.74, 6) is 0.921. The number of nitrogens with one attached hydrogen (secondary N) is 1. The van der Waals surface area contributed by atoms with E-state index in [1.165, 1.54) is 0 Å². The van der Waals surface area contributed by atoms with Crippen molar-refractivity contribution < 1.29 is 4.74 Å². The van der Waals surface area contributed by atoms with Gasteiger partial charge in [-0.3, -0.25) is 9.88 Å². The van der Waals surface area contributed by atoms with Gasteiger partial charge < -0.3 is 10.1 Å². The summed E-state index contributed by atoms with van der Waals surface area (Å²) in [6.45, 7) is 6.80. The molecule has 4 nitrogen and oxygen atoms in total. The molecule has 0 radical (unpaired) electrons. The topological polar surface area (TPSA) is 37.4 Å². The van der Waals surface area contributed by atoms with E-state index in [0.29, 0.717) is 6.61 Å². The first-order valence-electron chi connectivity index (χ1n) is 9.05. The van der Waals surface area contributed by atoms with Crippen LogP contribution in [0.25, 0.3) is 0 Å². The molecule has 25 heavy (non-hydrogen) atoms. The van der Waals surface area contributed by atoms with Crippen LogP contribution in [0.1, 0.15) is 30.6 Å². The van der Waals surface area contributed by atoms with E-state index in [4.69, 9.17) is 16.3 Å². The molecule has 1 fully saturated rings. The van der Waals surface area contributed by atoms with E-state index >= 15 is 0 Å². The summed E-state index contributed by atoms with van der Waals surface area (Å²) >= 11 is 6.33. The molecule has 0 aliphatic carbocycles. The van der Waals surface area contributed by atoms with Crippen LogP contribution in [0, 0.1) is 0 Å². The Morgan fingerprint density at radius 3 is 2.96 bits per heavy atom. The lowest BCUT2D eigenvalue weighted by Crippen LogP contribution is -2.34. The number of benzene rings is 1. The third-order valence-corrected chi connectivity index (χ3v) is 4.81. The van der Waals surface area contributed by atoms with Gasteiger partial charge in [0.1, 0.15) is 5.75 Å². The Hall–Kier alpha value is -1.62. The molecule has 0 amide bonds. The van der Waals surface area contributed by atoms with E-state index in [2.05, 4.69) is 27.3 Å². The minimum Gasteiger partial charge on any atom is -0.494 e. The summed E-state index contributed by atoms with van der Waals surface area (Å²) in [4.78, 5) is 7.07. The van der Waals surface area contributed by atoms with Crippen molar-refractivity contribution in [3.8, 4) is 5.75 Å². The van der Waals surface area contributed by atoms with Gasteiger partial charge in [0, 0.05) is 54.6 Å². The summed E-state index contributed by atoms with van der Waals surface area (Å²) < 4.78 is 5.91. The standard InChI is InChI=1S/C20H26ClN3O/c1-2-25-20-8-7-16(21)14-18(20)19(15-17-6-3-4-10-23-17)24-12-5-9-22-11-13-24/h3-4,6-8,10,14,19,22H,2,5,9,11-13,15H2,1H3. The molecule has 1 saturated heterocycles. The van der Waals surface area contributed by atoms with Crippen molar-refractivity contribution >= 4 is 11.6 Å². The molecule has 2 aromatic rings. The van der Waals surface area contributed by atoms with Crippen LogP contribution in [-0.2, 0) is 6.42 Å². The van der Waals surface area contributed by atoms with Crippen LogP contribution in [0.4, 0.5) is 0 Å². The smallest absolute Gasteiger partial charge is 0.124 e. The largest absolute Gasteiger partial charge is 0.494 e. The maximum Gasteiger partial charge on any atom is 0.124 e. The fourth-order valence-corrected chi connectivity index (χ4v) is 3.58. The Morgan fingerprint density at radius 2 is 2.16 bits per heavy atom. The van der Waals surface area contributed by atoms with Gasteiger partial charge in [-0.15, -0.1) is 0 Å². The Balaban J connectivity index is 1.96. The molecule has 0 spiro atoms. The average Bonchev–Trinajstić information content (AvgIpc) is 2.92. The predicted octanol–water partition coefficient (Wildman–Crippen LogP) is 3.71. The van der Waals surface area contributed by atoms with E-state index in [9.17, 15) is 0 Å². The zero-order valence-corrected chi connectivity index (χ0v) is 15.5. The zero-order chi connectivity index (χ0) is 17.5. The van der Waals surface area contributed by atoms with Crippen LogP contribution in [-0.4, -0.2) is 42.7 Å². The van der Waals surface area contributed by atoms with Crippen LogP contribution in [0.15, 0.2) is 42.6 Å². The predicted molar refractivity (Wildman–Crippen MR) is 102 cm³/mol. The zero-order valence-electron chi connectivity index (χ0n) is 14.7. The highest BCUT2D eigenvalue weighted by Gasteiger charge is 2.25. The van der Waals surface area contributed by atoms with Gasteiger partial charge in [-0.1, -0.05) is 17.7 Å². The number of hydrogen-bond donors (Lipinski definition) is 1. The van der Waals surface area contributed by atoms with Gasteiger partial charge in [0.25, 0.3) is 0 Å². The third kappa shape index (κ3) is 4.94. The van der Waals surface area contributed by atoms with Gasteiger partial charge >= 0.3 is 0 Å². The van der Waals surface area contributed by atoms with Crippen LogP contribution < -0.4 is 10.1 Å². The minimum atomic E-state index is 0.204. The SMILES string of the molecule is CCOc1ccc(Cl)cc1C(Cc1ccccn1)N1CCCNCC1. The van der Waals surface area contributed by atoms with E-state index in [1.54, 1.807) is 0 Å². The summed E-state index contributed by atoms with van der Waals surface area (Å²) in [6, 6.07) is 12.2. The van der Waals surface area contributed by atoms with Gasteiger partial charge in [0.05, 0.1) is 6.61 Å². The Kier molecular flexibility index (Phi) is 6.68. The number of nitrogens with zero attached hydrogens (tertiary/aromatic N) is 2. The first kappa shape index (κ1) is 18.2. The Morgan fingerprint density at radius 1 is 1.24 bits per heavy atom. The summed E-state index contributed by atoms with van der Waals surface area (Å²) in [7, 11) is 0. The minimum absolute atomic E-state index is 0.204. The molecule has 0 saturated carbocycles. The van der Waals surface area contributed by atoms with Crippen LogP contribution >= 0.6 is 11.6 Å². The van der Waals surface area contributed by atoms with Crippen molar-refractivity contribution in [2.24, 2.45) is 0 Å². The van der Waals surface area contributed by atoms with Crippen molar-refractivity contribution in [3.05, 3.63) is 58.9 Å². The summed E-state index contributed by atoms with van der Waals surface area (Å²) in [5.41, 5.74) is 2.24. The number of halogens is 1. The highest BCUT2D eigenvalue weighted by molar-refractivity contribution is 6.30. The van der Waals surface area contributed by atoms with Crippen LogP contribution in [0.5, 0.6) is 5.75 Å². The van der Waals surface area contributed by atoms with E-state index in [0.717, 1.165) is 61.1 Å². The fourth-order valence-electron chi connectivity index (χ4n) is 3.40. The second-order valence-corrected chi connectivity index (χ2v) is 6.73. The molecule has 5 heteroatoms. The van der Waals surface area contributed by atoms with Gasteiger partial charge in [-0.25, -0.2) is 0 Å². The number of aromatic nitrogens is 1. The van der Waals surface area contributed by atoms with Gasteiger partial charge in [-0.05, 0) is 50.2 Å². The number of hydrogen-bond acceptors (Lipinski definition) is 4. The molecule has 1 unspecified atom stereocenters. The van der Waals surface area contributed by atoms with Gasteiger partial charge in [0.2, 0.25) is 0 Å². The third-order valence-electron chi connectivity index (χ3n) is 4.57. The maximum atomic E-state index is 6.33. The van der Waals surface area contributed by atoms with Crippen molar-refractivity contribution in [1.29, 1.82) is 0 Å². The van der Waals surface area contributed by atoms with Crippen molar-refractivity contribution in [3.63, 3.8) is 0 Å². The quantitative estimate of drug-likeness (QED) is 0.853. The Bertz CT molecular complexity index is 657. The summed E-state index contributed by atoms with van der Waals surface area (Å²) in [6.07, 6.45) is 3.85. The molecule has 134 valence electrons. The first-order chi connectivity index (χ1) is 12.3. The average molecular weight is 360 g/mol. The molecule has 1 N–H and O–H groups in total. The lowest BCUT2D eigenvalue weighted by atomic mass is 9.98. The number of pyridine rings is 1. The lowest BCUT2D eigenvalue weighted by molar-refractivity contribution is 0.202. The monoisotopic (exact) mass is 359 g/mol. The van der Waals surface area contributed by atoms with Gasteiger partial charge in [0.15, 0.2) is 0 Å². The molecule has 0 bridgehead atoms. The van der Waals surface area contributed by atoms with E-state index in [-0.39, 0.29) is 6.04 Å². The summed E-state index contributed by atoms with van der Waals surface area (Å²) in [5, 5.41) is 4.23. The second kappa shape index (κ2) is 9.18. The molecule has 2 heterocycles. The fraction of sp³-hybridized carbons (Fsp3) is 0.450. The van der Waals surface area contributed by atoms with E-state index in [1.807, 2.05) is 37.4 Å².